The van der Waals surface area contributed by atoms with Crippen LogP contribution >= 0.6 is 24.0 Å². The van der Waals surface area contributed by atoms with Gasteiger partial charge in [0.25, 0.3) is 0 Å². The van der Waals surface area contributed by atoms with Crippen molar-refractivity contribution in [2.75, 3.05) is 26.2 Å². The number of nitrogens with zero attached hydrogens (tertiary/aromatic N) is 3. The molecule has 5 heteroatoms. The van der Waals surface area contributed by atoms with Gasteiger partial charge in [-0.05, 0) is 43.0 Å². The molecule has 0 amide bonds. The van der Waals surface area contributed by atoms with Crippen LogP contribution in [0.1, 0.15) is 44.7 Å². The molecule has 1 saturated heterocycles. The van der Waals surface area contributed by atoms with E-state index in [0.717, 1.165) is 38.6 Å². The molecule has 2 rings (SSSR count). The third-order valence-corrected chi connectivity index (χ3v) is 4.73. The zero-order valence-electron chi connectivity index (χ0n) is 15.4. The summed E-state index contributed by atoms with van der Waals surface area (Å²) in [7, 11) is 0. The highest BCUT2D eigenvalue weighted by Gasteiger charge is 2.17. The van der Waals surface area contributed by atoms with Crippen LogP contribution in [0.2, 0.25) is 0 Å². The van der Waals surface area contributed by atoms with Crippen molar-refractivity contribution in [2.24, 2.45) is 16.6 Å². The van der Waals surface area contributed by atoms with E-state index in [2.05, 4.69) is 59.8 Å². The number of guanidine groups is 1. The van der Waals surface area contributed by atoms with Crippen LogP contribution in [-0.2, 0) is 13.1 Å². The van der Waals surface area contributed by atoms with Crippen molar-refractivity contribution < 1.29 is 0 Å². The van der Waals surface area contributed by atoms with Crippen LogP contribution in [0.25, 0.3) is 0 Å². The quantitative estimate of drug-likeness (QED) is 0.414. The maximum absolute atomic E-state index is 6.16. The molecule has 4 nitrogen and oxygen atoms in total. The number of aliphatic imine (C=N–C) groups is 1. The standard InChI is InChI=1S/C19H32N4.HI/c1-4-22(5-2)15-18-10-8-17(9-11-18)13-21-19(20)23-12-6-7-16(3)14-23;/h8-11,16H,4-7,12-15H2,1-3H3,(H2,20,21);1H. The normalized spacial score (nSPS) is 18.6. The van der Waals surface area contributed by atoms with Gasteiger partial charge in [-0.1, -0.05) is 45.0 Å². The number of likely N-dealkylation sites (tertiary alicyclic amines) is 1. The Morgan fingerprint density at radius 3 is 2.42 bits per heavy atom. The molecule has 1 aliphatic rings. The molecule has 0 saturated carbocycles. The van der Waals surface area contributed by atoms with Crippen LogP contribution in [0.4, 0.5) is 0 Å². The van der Waals surface area contributed by atoms with Crippen molar-refractivity contribution in [3.8, 4) is 0 Å². The summed E-state index contributed by atoms with van der Waals surface area (Å²) in [5.74, 6) is 1.42. The number of halogens is 1. The van der Waals surface area contributed by atoms with Crippen molar-refractivity contribution in [3.05, 3.63) is 35.4 Å². The molecule has 0 aliphatic carbocycles. The summed E-state index contributed by atoms with van der Waals surface area (Å²) < 4.78 is 0. The van der Waals surface area contributed by atoms with Gasteiger partial charge < -0.3 is 10.6 Å². The third-order valence-electron chi connectivity index (χ3n) is 4.73. The molecule has 0 radical (unpaired) electrons. The lowest BCUT2D eigenvalue weighted by Gasteiger charge is -2.31. The van der Waals surface area contributed by atoms with E-state index in [1.54, 1.807) is 0 Å². The highest BCUT2D eigenvalue weighted by atomic mass is 127. The van der Waals surface area contributed by atoms with Gasteiger partial charge in [0.2, 0.25) is 0 Å². The average molecular weight is 444 g/mol. The van der Waals surface area contributed by atoms with Gasteiger partial charge in [-0.3, -0.25) is 4.90 Å². The van der Waals surface area contributed by atoms with Gasteiger partial charge in [-0.2, -0.15) is 0 Å². The largest absolute Gasteiger partial charge is 0.370 e. The first-order valence-electron chi connectivity index (χ1n) is 8.97. The lowest BCUT2D eigenvalue weighted by molar-refractivity contribution is 0.270. The van der Waals surface area contributed by atoms with E-state index < -0.39 is 0 Å². The Morgan fingerprint density at radius 2 is 1.83 bits per heavy atom. The molecule has 1 unspecified atom stereocenters. The molecule has 1 aliphatic heterocycles. The molecule has 0 bridgehead atoms. The summed E-state index contributed by atoms with van der Waals surface area (Å²) in [4.78, 5) is 9.23. The van der Waals surface area contributed by atoms with Crippen molar-refractivity contribution in [1.82, 2.24) is 9.80 Å². The molecular formula is C19H33IN4. The van der Waals surface area contributed by atoms with Crippen LogP contribution in [0.15, 0.2) is 29.3 Å². The van der Waals surface area contributed by atoms with Gasteiger partial charge in [0, 0.05) is 19.6 Å². The van der Waals surface area contributed by atoms with Crippen molar-refractivity contribution in [2.45, 2.75) is 46.7 Å². The van der Waals surface area contributed by atoms with Gasteiger partial charge in [-0.15, -0.1) is 24.0 Å². The maximum atomic E-state index is 6.16. The molecule has 0 spiro atoms. The second-order valence-electron chi connectivity index (χ2n) is 6.65. The number of nitrogens with two attached hydrogens (primary N) is 1. The Labute approximate surface area is 164 Å². The highest BCUT2D eigenvalue weighted by molar-refractivity contribution is 14.0. The second kappa shape index (κ2) is 10.9. The number of benzene rings is 1. The highest BCUT2D eigenvalue weighted by Crippen LogP contribution is 2.15. The lowest BCUT2D eigenvalue weighted by Crippen LogP contribution is -2.43. The zero-order valence-corrected chi connectivity index (χ0v) is 17.7. The van der Waals surface area contributed by atoms with Crippen molar-refractivity contribution in [1.29, 1.82) is 0 Å². The minimum atomic E-state index is 0. The van der Waals surface area contributed by atoms with Crippen LogP contribution in [0.3, 0.4) is 0 Å². The maximum Gasteiger partial charge on any atom is 0.191 e. The van der Waals surface area contributed by atoms with E-state index in [9.17, 15) is 0 Å². The summed E-state index contributed by atoms with van der Waals surface area (Å²) in [6.45, 7) is 12.6. The topological polar surface area (TPSA) is 44.9 Å². The SMILES string of the molecule is CCN(CC)Cc1ccc(CN=C(N)N2CCCC(C)C2)cc1.I. The fraction of sp³-hybridized carbons (Fsp3) is 0.632. The van der Waals surface area contributed by atoms with Crippen molar-refractivity contribution >= 4 is 29.9 Å². The molecule has 1 heterocycles. The van der Waals surface area contributed by atoms with E-state index in [1.807, 2.05) is 0 Å². The van der Waals surface area contributed by atoms with E-state index >= 15 is 0 Å². The van der Waals surface area contributed by atoms with Gasteiger partial charge in [0.1, 0.15) is 0 Å². The molecule has 0 aromatic heterocycles. The van der Waals surface area contributed by atoms with Gasteiger partial charge in [-0.25, -0.2) is 4.99 Å². The molecular weight excluding hydrogens is 411 g/mol. The summed E-state index contributed by atoms with van der Waals surface area (Å²) >= 11 is 0. The summed E-state index contributed by atoms with van der Waals surface area (Å²) in [6, 6.07) is 8.77. The number of rotatable bonds is 6. The number of piperidine rings is 1. The summed E-state index contributed by atoms with van der Waals surface area (Å²) in [5, 5.41) is 0. The molecule has 136 valence electrons. The lowest BCUT2D eigenvalue weighted by atomic mass is 10.0. The Kier molecular flexibility index (Phi) is 9.66. The van der Waals surface area contributed by atoms with Crippen LogP contribution in [0, 0.1) is 5.92 Å². The van der Waals surface area contributed by atoms with E-state index in [4.69, 9.17) is 5.73 Å². The van der Waals surface area contributed by atoms with E-state index in [0.29, 0.717) is 12.5 Å². The van der Waals surface area contributed by atoms with E-state index in [-0.39, 0.29) is 24.0 Å². The molecule has 1 aromatic carbocycles. The average Bonchev–Trinajstić information content (AvgIpc) is 2.58. The Morgan fingerprint density at radius 1 is 1.21 bits per heavy atom. The Balaban J connectivity index is 0.00000288. The van der Waals surface area contributed by atoms with Crippen molar-refractivity contribution in [3.63, 3.8) is 0 Å². The molecule has 1 fully saturated rings. The second-order valence-corrected chi connectivity index (χ2v) is 6.65. The predicted octanol–water partition coefficient (Wildman–Crippen LogP) is 3.69. The third kappa shape index (κ3) is 6.59. The predicted molar refractivity (Wildman–Crippen MR) is 114 cm³/mol. The smallest absolute Gasteiger partial charge is 0.191 e. The Bertz CT molecular complexity index is 497. The zero-order chi connectivity index (χ0) is 16.7. The van der Waals surface area contributed by atoms with Gasteiger partial charge in [0.15, 0.2) is 5.96 Å². The van der Waals surface area contributed by atoms with Crippen LogP contribution in [0.5, 0.6) is 0 Å². The first-order valence-corrected chi connectivity index (χ1v) is 8.97. The van der Waals surface area contributed by atoms with Gasteiger partial charge >= 0.3 is 0 Å². The number of hydrogen-bond donors (Lipinski definition) is 1. The minimum Gasteiger partial charge on any atom is -0.370 e. The summed E-state index contributed by atoms with van der Waals surface area (Å²) in [6.07, 6.45) is 2.52. The fourth-order valence-corrected chi connectivity index (χ4v) is 3.13. The first-order chi connectivity index (χ1) is 11.1. The van der Waals surface area contributed by atoms with E-state index in [1.165, 1.54) is 24.0 Å². The van der Waals surface area contributed by atoms with Gasteiger partial charge in [0.05, 0.1) is 6.54 Å². The monoisotopic (exact) mass is 444 g/mol. The molecule has 1 aromatic rings. The van der Waals surface area contributed by atoms with Crippen LogP contribution < -0.4 is 5.73 Å². The van der Waals surface area contributed by atoms with Crippen LogP contribution in [-0.4, -0.2) is 41.9 Å². The number of hydrogen-bond acceptors (Lipinski definition) is 2. The minimum absolute atomic E-state index is 0. The molecule has 2 N–H and O–H groups in total. The summed E-state index contributed by atoms with van der Waals surface area (Å²) in [5.41, 5.74) is 8.74. The fourth-order valence-electron chi connectivity index (χ4n) is 3.13. The molecule has 1 atom stereocenters. The Hall–Kier alpha value is -0.820. The molecule has 24 heavy (non-hydrogen) atoms. The first kappa shape index (κ1) is 21.2.